The number of nitrogens with zero attached hydrogens (tertiary/aromatic N) is 11. The molecule has 0 aliphatic heterocycles. The molecule has 0 aliphatic rings. The normalized spacial score (nSPS) is 11.9. The summed E-state index contributed by atoms with van der Waals surface area (Å²) >= 11 is 2.95. The Bertz CT molecular complexity index is 3890. The third kappa shape index (κ3) is 16.6. The summed E-state index contributed by atoms with van der Waals surface area (Å²) in [5.74, 6) is -2.77. The monoisotopic (exact) mass is 1240 g/mol. The van der Waals surface area contributed by atoms with Crippen LogP contribution in [0.3, 0.4) is 0 Å². The average molecular weight is 1240 g/mol. The number of thioether (sulfide) groups is 1. The quantitative estimate of drug-likeness (QED) is 0.00798. The second-order valence-corrected chi connectivity index (χ2v) is 22.2. The molecule has 4 aromatic carbocycles. The molecule has 0 spiro atoms. The first-order chi connectivity index (χ1) is 40.7. The number of carbonyl (C=O) groups is 4. The highest BCUT2D eigenvalue weighted by atomic mass is 32.2. The SMILES string of the molecule is CCSc1nc(Nc2cc(N(CC)CC)c(OC)cc2N=Nc2ncc(C=C(C(C)=O)C(=O)Nc3cccc(F)c3)s2)nc(Nc2cc(N(CC)CC)c(OC)cc2N=Nc2nc(S(=O)(=O)O)c(C=C(C(C)=O)C(=O)Nc3cccc(F)c3)s2)n1. The van der Waals surface area contributed by atoms with Crippen molar-refractivity contribution in [1.29, 1.82) is 0 Å². The highest BCUT2D eigenvalue weighted by Crippen LogP contribution is 2.43. The first-order valence-corrected chi connectivity index (χ1v) is 30.0. The first-order valence-electron chi connectivity index (χ1n) is 25.9. The summed E-state index contributed by atoms with van der Waals surface area (Å²) in [5.41, 5.74) is 1.83. The van der Waals surface area contributed by atoms with Crippen LogP contribution in [0, 0.1) is 11.6 Å². The molecule has 0 aliphatic carbocycles. The number of aromatic nitrogens is 5. The Kier molecular flexibility index (Phi) is 21.7. The molecule has 0 saturated heterocycles. The minimum absolute atomic E-state index is 0.0230. The number of anilines is 8. The molecule has 0 bridgehead atoms. The molecule has 7 aromatic rings. The summed E-state index contributed by atoms with van der Waals surface area (Å²) < 4.78 is 75.1. The molecule has 0 unspecified atom stereocenters. The largest absolute Gasteiger partial charge is 0.494 e. The number of methoxy groups -OCH3 is 2. The predicted octanol–water partition coefficient (Wildman–Crippen LogP) is 12.7. The van der Waals surface area contributed by atoms with Crippen LogP contribution in [0.2, 0.25) is 0 Å². The van der Waals surface area contributed by atoms with Crippen LogP contribution in [0.5, 0.6) is 11.5 Å². The molecule has 3 aromatic heterocycles. The third-order valence-corrected chi connectivity index (χ3v) is 15.4. The van der Waals surface area contributed by atoms with Gasteiger partial charge < -0.3 is 40.5 Å². The molecule has 0 radical (unpaired) electrons. The number of rotatable bonds is 27. The van der Waals surface area contributed by atoms with Crippen molar-refractivity contribution in [3.05, 3.63) is 112 Å². The van der Waals surface area contributed by atoms with E-state index in [-0.39, 0.29) is 61.0 Å². The molecule has 7 rings (SSSR count). The predicted molar refractivity (Wildman–Crippen MR) is 326 cm³/mol. The van der Waals surface area contributed by atoms with E-state index in [1.54, 1.807) is 18.2 Å². The van der Waals surface area contributed by atoms with Crippen LogP contribution in [-0.4, -0.2) is 107 Å². The number of hydrogen-bond donors (Lipinski definition) is 5. The van der Waals surface area contributed by atoms with Gasteiger partial charge in [0.2, 0.25) is 27.2 Å². The number of nitrogens with one attached hydrogen (secondary N) is 4. The van der Waals surface area contributed by atoms with E-state index in [0.29, 0.717) is 81.9 Å². The summed E-state index contributed by atoms with van der Waals surface area (Å²) in [7, 11) is -2.08. The molecule has 3 heterocycles. The van der Waals surface area contributed by atoms with Gasteiger partial charge in [-0.3, -0.25) is 23.7 Å². The smallest absolute Gasteiger partial charge is 0.313 e. The van der Waals surface area contributed by atoms with Gasteiger partial charge in [-0.2, -0.15) is 23.4 Å². The maximum atomic E-state index is 13.9. The van der Waals surface area contributed by atoms with Crippen molar-refractivity contribution in [3.8, 4) is 11.5 Å². The first kappa shape index (κ1) is 63.6. The van der Waals surface area contributed by atoms with Crippen LogP contribution in [0.15, 0.2) is 121 Å². The molecule has 444 valence electrons. The summed E-state index contributed by atoms with van der Waals surface area (Å²) in [6, 6.07) is 17.0. The zero-order valence-corrected chi connectivity index (χ0v) is 50.5. The molecule has 2 amide bonds. The maximum Gasteiger partial charge on any atom is 0.313 e. The molecule has 0 fully saturated rings. The van der Waals surface area contributed by atoms with E-state index in [1.807, 2.05) is 45.6 Å². The van der Waals surface area contributed by atoms with Gasteiger partial charge in [0.05, 0.1) is 57.9 Å². The topological polar surface area (TPSA) is 310 Å². The van der Waals surface area contributed by atoms with Crippen molar-refractivity contribution in [2.45, 2.75) is 58.6 Å². The van der Waals surface area contributed by atoms with Crippen molar-refractivity contribution in [2.75, 3.05) is 77.2 Å². The summed E-state index contributed by atoms with van der Waals surface area (Å²) in [5, 5.41) is 28.4. The lowest BCUT2D eigenvalue weighted by Crippen LogP contribution is -2.22. The summed E-state index contributed by atoms with van der Waals surface area (Å²) in [4.78, 5) is 78.6. The Morgan fingerprint density at radius 2 is 1.14 bits per heavy atom. The van der Waals surface area contributed by atoms with Gasteiger partial charge in [0.1, 0.15) is 34.5 Å². The van der Waals surface area contributed by atoms with Gasteiger partial charge in [-0.05, 0) is 108 Å². The number of azo groups is 2. The Labute approximate surface area is 499 Å². The molecule has 24 nitrogen and oxygen atoms in total. The van der Waals surface area contributed by atoms with Gasteiger partial charge in [-0.25, -0.2) is 18.7 Å². The van der Waals surface area contributed by atoms with Gasteiger partial charge in [0.25, 0.3) is 11.8 Å². The van der Waals surface area contributed by atoms with E-state index in [4.69, 9.17) is 24.4 Å². The van der Waals surface area contributed by atoms with E-state index in [0.717, 1.165) is 42.5 Å². The molecular weight excluding hydrogens is 1180 g/mol. The van der Waals surface area contributed by atoms with Crippen molar-refractivity contribution < 1.29 is 50.4 Å². The Hall–Kier alpha value is -8.97. The number of thiazole rings is 2. The highest BCUT2D eigenvalue weighted by molar-refractivity contribution is 7.99. The average Bonchev–Trinajstić information content (AvgIpc) is 2.67. The second-order valence-electron chi connectivity index (χ2n) is 17.6. The Balaban J connectivity index is 1.27. The molecule has 30 heteroatoms. The van der Waals surface area contributed by atoms with E-state index in [9.17, 15) is 40.9 Å². The van der Waals surface area contributed by atoms with Crippen molar-refractivity contribution in [1.82, 2.24) is 24.9 Å². The van der Waals surface area contributed by atoms with Crippen LogP contribution in [-0.2, 0) is 29.3 Å². The second kappa shape index (κ2) is 29.0. The van der Waals surface area contributed by atoms with Crippen LogP contribution < -0.4 is 40.5 Å². The van der Waals surface area contributed by atoms with E-state index in [1.165, 1.54) is 75.5 Å². The molecule has 0 saturated carbocycles. The standard InChI is InChI=1S/C55H57F2N15O9S4/c1-10-71(11-2)43-25-39(41(27-45(43)80-8)67-69-53-58-29-36(83-53)23-37(30(6)73)48(75)59-34-19-15-17-32(56)21-34)61-51-64-52(66-54(65-51)82-14-5)62-40-26-44(72(12-3)13-4)46(81-9)28-42(40)68-70-55-63-50(85(77,78)79)47(84-55)24-38(31(7)74)49(76)60-35-20-16-18-33(57)22-35/h15-29H,10-14H2,1-9H3,(H,59,75)(H,60,76)(H,77,78,79)(H2,61,62,64,65,66). The van der Waals surface area contributed by atoms with Gasteiger partial charge in [0.15, 0.2) is 16.7 Å². The zero-order valence-electron chi connectivity index (χ0n) is 47.2. The number of hydrogen-bond acceptors (Lipinski definition) is 24. The number of halogens is 2. The lowest BCUT2D eigenvalue weighted by molar-refractivity contribution is -0.120. The molecule has 85 heavy (non-hydrogen) atoms. The van der Waals surface area contributed by atoms with Gasteiger partial charge >= 0.3 is 10.1 Å². The minimum atomic E-state index is -5.08. The fourth-order valence-corrected chi connectivity index (χ4v) is 11.0. The van der Waals surface area contributed by atoms with Crippen LogP contribution in [0.1, 0.15) is 58.2 Å². The van der Waals surface area contributed by atoms with Crippen LogP contribution >= 0.6 is 34.4 Å². The maximum absolute atomic E-state index is 13.9. The van der Waals surface area contributed by atoms with Gasteiger partial charge in [-0.15, -0.1) is 20.5 Å². The van der Waals surface area contributed by atoms with Crippen LogP contribution in [0.4, 0.5) is 76.4 Å². The van der Waals surface area contributed by atoms with E-state index >= 15 is 0 Å². The molecule has 5 N–H and O–H groups in total. The van der Waals surface area contributed by atoms with E-state index in [2.05, 4.69) is 56.6 Å². The number of ether oxygens (including phenoxy) is 2. The van der Waals surface area contributed by atoms with E-state index < -0.39 is 55.7 Å². The van der Waals surface area contributed by atoms with Crippen LogP contribution in [0.25, 0.3) is 12.2 Å². The fraction of sp³-hybridized carbons (Fsp3) is 0.255. The lowest BCUT2D eigenvalue weighted by atomic mass is 10.1. The minimum Gasteiger partial charge on any atom is -0.494 e. The highest BCUT2D eigenvalue weighted by Gasteiger charge is 2.26. The zero-order chi connectivity index (χ0) is 61.5. The molecular formula is C55H57F2N15O9S4. The van der Waals surface area contributed by atoms with Gasteiger partial charge in [0, 0.05) is 55.9 Å². The Morgan fingerprint density at radius 1 is 0.659 bits per heavy atom. The molecule has 0 atom stereocenters. The number of carbonyl (C=O) groups excluding carboxylic acids is 4. The summed E-state index contributed by atoms with van der Waals surface area (Å²) in [6.07, 6.45) is 3.72. The lowest BCUT2D eigenvalue weighted by Gasteiger charge is -2.25. The number of amides is 2. The Morgan fingerprint density at radius 3 is 1.58 bits per heavy atom. The third-order valence-electron chi connectivity index (χ3n) is 12.0. The number of benzene rings is 4. The van der Waals surface area contributed by atoms with Crippen molar-refractivity contribution in [2.24, 2.45) is 20.5 Å². The van der Waals surface area contributed by atoms with Gasteiger partial charge in [-0.1, -0.05) is 53.5 Å². The number of ketones is 2. The fourth-order valence-electron chi connectivity index (χ4n) is 8.00. The van der Waals surface area contributed by atoms with Crippen molar-refractivity contribution in [3.63, 3.8) is 0 Å². The van der Waals surface area contributed by atoms with Crippen molar-refractivity contribution >= 4 is 148 Å². The summed E-state index contributed by atoms with van der Waals surface area (Å²) in [6.45, 7) is 14.5. The number of Topliss-reactive ketones (excluding diaryl/α,β-unsaturated/α-hetero) is 2.